The summed E-state index contributed by atoms with van der Waals surface area (Å²) in [6.45, 7) is 4.33. The lowest BCUT2D eigenvalue weighted by atomic mass is 10.1. The summed E-state index contributed by atoms with van der Waals surface area (Å²) < 4.78 is 1.20. The van der Waals surface area contributed by atoms with E-state index in [0.717, 1.165) is 0 Å². The molecule has 1 atom stereocenters. The predicted octanol–water partition coefficient (Wildman–Crippen LogP) is 2.54. The van der Waals surface area contributed by atoms with Crippen LogP contribution < -0.4 is 4.90 Å². The van der Waals surface area contributed by atoms with E-state index in [1.165, 1.54) is 0 Å². The van der Waals surface area contributed by atoms with Crippen molar-refractivity contribution in [3.05, 3.63) is 28.1 Å². The number of hydrogen-bond acceptors (Lipinski definition) is 3. The molecule has 84 valence electrons. The maximum Gasteiger partial charge on any atom is 0.228 e. The van der Waals surface area contributed by atoms with Crippen LogP contribution in [0.2, 0.25) is 0 Å². The summed E-state index contributed by atoms with van der Waals surface area (Å²) in [5.41, 5.74) is 0. The first-order chi connectivity index (χ1) is 7.61. The number of hydrogen-bond donors (Lipinski definition) is 0. The minimum absolute atomic E-state index is 0.0576. The smallest absolute Gasteiger partial charge is 0.228 e. The molecule has 6 heteroatoms. The Bertz CT molecular complexity index is 450. The van der Waals surface area contributed by atoms with E-state index >= 15 is 0 Å². The van der Waals surface area contributed by atoms with Gasteiger partial charge in [-0.25, -0.2) is 9.97 Å². The van der Waals surface area contributed by atoms with E-state index in [9.17, 15) is 4.79 Å². The van der Waals surface area contributed by atoms with Gasteiger partial charge in [-0.15, -0.1) is 6.58 Å². The van der Waals surface area contributed by atoms with Gasteiger partial charge in [0.15, 0.2) is 5.82 Å². The maximum absolute atomic E-state index is 11.8. The Kier molecular flexibility index (Phi) is 3.39. The largest absolute Gasteiger partial charge is 0.294 e. The van der Waals surface area contributed by atoms with Crippen LogP contribution in [0.15, 0.2) is 28.1 Å². The summed E-state index contributed by atoms with van der Waals surface area (Å²) in [7, 11) is 0. The number of amides is 1. The zero-order chi connectivity index (χ0) is 11.7. The molecule has 1 aromatic heterocycles. The first-order valence-corrected chi connectivity index (χ1v) is 6.31. The summed E-state index contributed by atoms with van der Waals surface area (Å²) in [5, 5.41) is 0. The zero-order valence-electron chi connectivity index (χ0n) is 8.36. The van der Waals surface area contributed by atoms with Crippen LogP contribution in [0.4, 0.5) is 5.82 Å². The van der Waals surface area contributed by atoms with Crippen LogP contribution in [0.5, 0.6) is 0 Å². The van der Waals surface area contributed by atoms with Crippen LogP contribution in [0.3, 0.4) is 0 Å². The number of anilines is 1. The van der Waals surface area contributed by atoms with E-state index in [1.54, 1.807) is 17.2 Å². The molecule has 1 aliphatic rings. The molecular formula is C10H9Br2N3O. The second-order valence-electron chi connectivity index (χ2n) is 3.51. The standard InChI is InChI=1S/C10H9Br2N3O/c1-2-6-3-8(16)15(5-6)10-9(12)14-7(11)4-13-10/h2,4,6H,1,3,5H2. The Balaban J connectivity index is 2.31. The van der Waals surface area contributed by atoms with Gasteiger partial charge in [-0.2, -0.15) is 0 Å². The molecule has 2 heterocycles. The Labute approximate surface area is 110 Å². The first kappa shape index (κ1) is 11.7. The predicted molar refractivity (Wildman–Crippen MR) is 68.1 cm³/mol. The summed E-state index contributed by atoms with van der Waals surface area (Å²) in [5.74, 6) is 0.824. The zero-order valence-corrected chi connectivity index (χ0v) is 11.5. The minimum atomic E-state index is 0.0576. The van der Waals surface area contributed by atoms with Gasteiger partial charge in [0.25, 0.3) is 0 Å². The van der Waals surface area contributed by atoms with E-state index in [4.69, 9.17) is 0 Å². The minimum Gasteiger partial charge on any atom is -0.294 e. The SMILES string of the molecule is C=CC1CC(=O)N(c2ncc(Br)nc2Br)C1. The molecule has 0 spiro atoms. The van der Waals surface area contributed by atoms with Gasteiger partial charge in [0, 0.05) is 18.9 Å². The molecule has 1 aliphatic heterocycles. The van der Waals surface area contributed by atoms with Gasteiger partial charge in [-0.3, -0.25) is 9.69 Å². The summed E-state index contributed by atoms with van der Waals surface area (Å²) in [6, 6.07) is 0. The summed E-state index contributed by atoms with van der Waals surface area (Å²) in [4.78, 5) is 21.7. The van der Waals surface area contributed by atoms with Crippen LogP contribution in [-0.2, 0) is 4.79 Å². The summed E-state index contributed by atoms with van der Waals surface area (Å²) in [6.07, 6.45) is 3.88. The third kappa shape index (κ3) is 2.17. The van der Waals surface area contributed by atoms with Crippen LogP contribution in [0, 0.1) is 5.92 Å². The van der Waals surface area contributed by atoms with E-state index in [1.807, 2.05) is 0 Å². The fraction of sp³-hybridized carbons (Fsp3) is 0.300. The number of carbonyl (C=O) groups is 1. The van der Waals surface area contributed by atoms with Gasteiger partial charge in [0.2, 0.25) is 5.91 Å². The van der Waals surface area contributed by atoms with Gasteiger partial charge < -0.3 is 0 Å². The second-order valence-corrected chi connectivity index (χ2v) is 5.08. The normalized spacial score (nSPS) is 20.2. The first-order valence-electron chi connectivity index (χ1n) is 4.72. The summed E-state index contributed by atoms with van der Waals surface area (Å²) >= 11 is 6.53. The molecule has 2 rings (SSSR count). The van der Waals surface area contributed by atoms with E-state index in [-0.39, 0.29) is 11.8 Å². The maximum atomic E-state index is 11.8. The van der Waals surface area contributed by atoms with Crippen molar-refractivity contribution in [1.82, 2.24) is 9.97 Å². The highest BCUT2D eigenvalue weighted by Gasteiger charge is 2.31. The van der Waals surface area contributed by atoms with Crippen molar-refractivity contribution in [3.63, 3.8) is 0 Å². The number of aromatic nitrogens is 2. The molecule has 0 N–H and O–H groups in total. The van der Waals surface area contributed by atoms with Crippen molar-refractivity contribution in [2.45, 2.75) is 6.42 Å². The van der Waals surface area contributed by atoms with Gasteiger partial charge in [-0.05, 0) is 31.9 Å². The van der Waals surface area contributed by atoms with E-state index < -0.39 is 0 Å². The van der Waals surface area contributed by atoms with E-state index in [0.29, 0.717) is 28.0 Å². The highest BCUT2D eigenvalue weighted by atomic mass is 79.9. The number of carbonyl (C=O) groups excluding carboxylic acids is 1. The molecule has 0 saturated carbocycles. The fourth-order valence-corrected chi connectivity index (χ4v) is 2.64. The average molecular weight is 347 g/mol. The monoisotopic (exact) mass is 345 g/mol. The second kappa shape index (κ2) is 4.63. The Morgan fingerprint density at radius 2 is 2.31 bits per heavy atom. The van der Waals surface area contributed by atoms with Crippen molar-refractivity contribution in [3.8, 4) is 0 Å². The molecule has 1 saturated heterocycles. The van der Waals surface area contributed by atoms with Gasteiger partial charge >= 0.3 is 0 Å². The Morgan fingerprint density at radius 1 is 1.56 bits per heavy atom. The lowest BCUT2D eigenvalue weighted by Gasteiger charge is -2.15. The number of nitrogens with zero attached hydrogens (tertiary/aromatic N) is 3. The molecule has 0 bridgehead atoms. The van der Waals surface area contributed by atoms with Gasteiger partial charge in [0.1, 0.15) is 9.21 Å². The van der Waals surface area contributed by atoms with Crippen LogP contribution in [0.25, 0.3) is 0 Å². The van der Waals surface area contributed by atoms with Crippen LogP contribution in [-0.4, -0.2) is 22.4 Å². The molecule has 0 radical (unpaired) electrons. The molecule has 4 nitrogen and oxygen atoms in total. The highest BCUT2D eigenvalue weighted by Crippen LogP contribution is 2.29. The molecule has 0 aromatic carbocycles. The van der Waals surface area contributed by atoms with Crippen molar-refractivity contribution in [1.29, 1.82) is 0 Å². The third-order valence-electron chi connectivity index (χ3n) is 2.43. The Morgan fingerprint density at radius 3 is 2.88 bits per heavy atom. The fourth-order valence-electron chi connectivity index (χ4n) is 1.62. The lowest BCUT2D eigenvalue weighted by molar-refractivity contribution is -0.117. The molecule has 1 amide bonds. The highest BCUT2D eigenvalue weighted by molar-refractivity contribution is 9.11. The molecule has 1 aromatic rings. The number of rotatable bonds is 2. The van der Waals surface area contributed by atoms with Crippen molar-refractivity contribution >= 4 is 43.6 Å². The van der Waals surface area contributed by atoms with Crippen molar-refractivity contribution in [2.75, 3.05) is 11.4 Å². The van der Waals surface area contributed by atoms with E-state index in [2.05, 4.69) is 48.4 Å². The van der Waals surface area contributed by atoms with Crippen molar-refractivity contribution in [2.24, 2.45) is 5.92 Å². The van der Waals surface area contributed by atoms with Gasteiger partial charge in [0.05, 0.1) is 6.20 Å². The average Bonchev–Trinajstić information content (AvgIpc) is 2.60. The van der Waals surface area contributed by atoms with Crippen LogP contribution >= 0.6 is 31.9 Å². The Hall–Kier alpha value is -0.750. The molecular weight excluding hydrogens is 338 g/mol. The molecule has 1 fully saturated rings. The number of halogens is 2. The van der Waals surface area contributed by atoms with Crippen molar-refractivity contribution < 1.29 is 4.79 Å². The lowest BCUT2D eigenvalue weighted by Crippen LogP contribution is -2.26. The molecule has 1 unspecified atom stereocenters. The third-order valence-corrected chi connectivity index (χ3v) is 3.34. The molecule has 16 heavy (non-hydrogen) atoms. The molecule has 0 aliphatic carbocycles. The quantitative estimate of drug-likeness (QED) is 0.773. The topological polar surface area (TPSA) is 46.1 Å². The van der Waals surface area contributed by atoms with Crippen LogP contribution in [0.1, 0.15) is 6.42 Å². The van der Waals surface area contributed by atoms with Gasteiger partial charge in [-0.1, -0.05) is 6.08 Å².